The minimum Gasteiger partial charge on any atom is -0.437 e. The molecule has 0 radical (unpaired) electrons. The summed E-state index contributed by atoms with van der Waals surface area (Å²) in [5, 5.41) is 0. The Labute approximate surface area is 118 Å². The quantitative estimate of drug-likeness (QED) is 0.846. The van der Waals surface area contributed by atoms with Gasteiger partial charge >= 0.3 is 0 Å². The lowest BCUT2D eigenvalue weighted by atomic mass is 10.1. The van der Waals surface area contributed by atoms with E-state index in [1.165, 1.54) is 19.3 Å². The zero-order chi connectivity index (χ0) is 14.1. The van der Waals surface area contributed by atoms with Gasteiger partial charge in [0.1, 0.15) is 5.52 Å². The molecule has 0 atom stereocenters. The van der Waals surface area contributed by atoms with Crippen molar-refractivity contribution in [3.8, 4) is 0 Å². The molecule has 0 amide bonds. The first-order valence-electron chi connectivity index (χ1n) is 7.44. The summed E-state index contributed by atoms with van der Waals surface area (Å²) in [6.07, 6.45) is 3.79. The number of rotatable bonds is 3. The van der Waals surface area contributed by atoms with Gasteiger partial charge in [-0.2, -0.15) is 0 Å². The Kier molecular flexibility index (Phi) is 3.74. The number of hydrogen-bond acceptors (Lipinski definition) is 3. The molecular formula is C16H21FN2O. The van der Waals surface area contributed by atoms with Gasteiger partial charge in [-0.25, -0.2) is 9.37 Å². The molecule has 2 aromatic rings. The number of likely N-dealkylation sites (tertiary alicyclic amines) is 1. The summed E-state index contributed by atoms with van der Waals surface area (Å²) in [5.41, 5.74) is 1.91. The van der Waals surface area contributed by atoms with Crippen molar-refractivity contribution in [2.24, 2.45) is 0 Å². The molecule has 3 rings (SSSR count). The van der Waals surface area contributed by atoms with Crippen LogP contribution in [0.3, 0.4) is 0 Å². The van der Waals surface area contributed by atoms with Gasteiger partial charge < -0.3 is 4.42 Å². The molecule has 1 aliphatic heterocycles. The van der Waals surface area contributed by atoms with Gasteiger partial charge in [0.25, 0.3) is 0 Å². The normalized spacial score (nSPS) is 17.2. The van der Waals surface area contributed by atoms with Gasteiger partial charge in [0, 0.05) is 12.5 Å². The molecule has 0 N–H and O–H groups in total. The zero-order valence-corrected chi connectivity index (χ0v) is 12.2. The van der Waals surface area contributed by atoms with Crippen molar-refractivity contribution in [1.29, 1.82) is 0 Å². The summed E-state index contributed by atoms with van der Waals surface area (Å²) >= 11 is 0. The molecule has 0 spiro atoms. The number of oxazole rings is 1. The molecule has 1 aromatic carbocycles. The largest absolute Gasteiger partial charge is 0.437 e. The van der Waals surface area contributed by atoms with E-state index in [4.69, 9.17) is 4.42 Å². The molecule has 4 heteroatoms. The van der Waals surface area contributed by atoms with Crippen LogP contribution in [-0.4, -0.2) is 23.0 Å². The van der Waals surface area contributed by atoms with E-state index in [1.54, 1.807) is 6.07 Å². The Balaban J connectivity index is 1.88. The zero-order valence-electron chi connectivity index (χ0n) is 12.2. The van der Waals surface area contributed by atoms with Crippen molar-refractivity contribution in [1.82, 2.24) is 9.88 Å². The minimum absolute atomic E-state index is 0.173. The van der Waals surface area contributed by atoms with Crippen LogP contribution in [0.5, 0.6) is 0 Å². The number of aromatic nitrogens is 1. The molecule has 0 saturated carbocycles. The lowest BCUT2D eigenvalue weighted by Gasteiger charge is -2.26. The van der Waals surface area contributed by atoms with Crippen LogP contribution in [0.15, 0.2) is 16.5 Å². The number of hydrogen-bond donors (Lipinski definition) is 0. The second kappa shape index (κ2) is 5.52. The summed E-state index contributed by atoms with van der Waals surface area (Å²) in [6.45, 7) is 7.01. The van der Waals surface area contributed by atoms with Crippen molar-refractivity contribution in [2.75, 3.05) is 13.1 Å². The fourth-order valence-corrected chi connectivity index (χ4v) is 2.78. The molecule has 108 valence electrons. The summed E-state index contributed by atoms with van der Waals surface area (Å²) in [6, 6.07) is 3.55. The number of piperidine rings is 1. The van der Waals surface area contributed by atoms with Crippen molar-refractivity contribution in [2.45, 2.75) is 45.6 Å². The maximum Gasteiger partial charge on any atom is 0.198 e. The number of nitrogens with zero attached hydrogens (tertiary/aromatic N) is 2. The third-order valence-corrected chi connectivity index (χ3v) is 3.87. The topological polar surface area (TPSA) is 29.3 Å². The Morgan fingerprint density at radius 1 is 1.25 bits per heavy atom. The molecule has 1 aromatic heterocycles. The fraction of sp³-hybridized carbons (Fsp3) is 0.562. The molecule has 1 aliphatic rings. The number of halogens is 1. The van der Waals surface area contributed by atoms with Gasteiger partial charge in [-0.15, -0.1) is 0 Å². The Morgan fingerprint density at radius 3 is 2.70 bits per heavy atom. The van der Waals surface area contributed by atoms with Crippen LogP contribution in [0.2, 0.25) is 0 Å². The number of fused-ring (bicyclic) bond motifs is 1. The summed E-state index contributed by atoms with van der Waals surface area (Å²) in [4.78, 5) is 6.78. The van der Waals surface area contributed by atoms with Crippen molar-refractivity contribution in [3.63, 3.8) is 0 Å². The third-order valence-electron chi connectivity index (χ3n) is 3.87. The van der Waals surface area contributed by atoms with E-state index >= 15 is 0 Å². The standard InChI is InChI=1S/C16H21FN2O/c1-11(2)16-18-14-9-12(8-13(17)15(14)20-16)10-19-6-4-3-5-7-19/h8-9,11H,3-7,10H2,1-2H3. The second-order valence-corrected chi connectivity index (χ2v) is 5.97. The molecular weight excluding hydrogens is 255 g/mol. The Hall–Kier alpha value is -1.42. The molecule has 0 unspecified atom stereocenters. The molecule has 0 aliphatic carbocycles. The molecule has 1 saturated heterocycles. The van der Waals surface area contributed by atoms with E-state index < -0.39 is 0 Å². The first-order valence-corrected chi connectivity index (χ1v) is 7.44. The first-order chi connectivity index (χ1) is 9.63. The van der Waals surface area contributed by atoms with Gasteiger partial charge in [0.05, 0.1) is 0 Å². The highest BCUT2D eigenvalue weighted by Crippen LogP contribution is 2.25. The van der Waals surface area contributed by atoms with Gasteiger partial charge in [-0.05, 0) is 43.6 Å². The molecule has 20 heavy (non-hydrogen) atoms. The van der Waals surface area contributed by atoms with Crippen LogP contribution in [0.1, 0.15) is 50.5 Å². The van der Waals surface area contributed by atoms with Crippen LogP contribution in [0, 0.1) is 5.82 Å². The SMILES string of the molecule is CC(C)c1nc2cc(CN3CCCCC3)cc(F)c2o1. The predicted octanol–water partition coefficient (Wildman–Crippen LogP) is 4.08. The van der Waals surface area contributed by atoms with Crippen LogP contribution in [0.25, 0.3) is 11.1 Å². The maximum absolute atomic E-state index is 14.1. The highest BCUT2D eigenvalue weighted by molar-refractivity contribution is 5.74. The average Bonchev–Trinajstić information content (AvgIpc) is 2.84. The van der Waals surface area contributed by atoms with E-state index in [0.29, 0.717) is 11.4 Å². The molecule has 2 heterocycles. The number of benzene rings is 1. The highest BCUT2D eigenvalue weighted by Gasteiger charge is 2.16. The summed E-state index contributed by atoms with van der Waals surface area (Å²) < 4.78 is 19.6. The van der Waals surface area contributed by atoms with E-state index in [1.807, 2.05) is 19.9 Å². The van der Waals surface area contributed by atoms with Crippen LogP contribution < -0.4 is 0 Å². The predicted molar refractivity (Wildman–Crippen MR) is 77.2 cm³/mol. The third kappa shape index (κ3) is 2.70. The lowest BCUT2D eigenvalue weighted by Crippen LogP contribution is -2.29. The average molecular weight is 276 g/mol. The molecule has 1 fully saturated rings. The van der Waals surface area contributed by atoms with Gasteiger partial charge in [0.15, 0.2) is 17.3 Å². The van der Waals surface area contributed by atoms with Gasteiger partial charge in [-0.3, -0.25) is 4.90 Å². The Morgan fingerprint density at radius 2 is 2.00 bits per heavy atom. The second-order valence-electron chi connectivity index (χ2n) is 5.97. The fourth-order valence-electron chi connectivity index (χ4n) is 2.78. The van der Waals surface area contributed by atoms with Crippen molar-refractivity contribution >= 4 is 11.1 Å². The maximum atomic E-state index is 14.1. The van der Waals surface area contributed by atoms with Crippen LogP contribution >= 0.6 is 0 Å². The van der Waals surface area contributed by atoms with E-state index in [2.05, 4.69) is 9.88 Å². The van der Waals surface area contributed by atoms with Crippen LogP contribution in [-0.2, 0) is 6.54 Å². The van der Waals surface area contributed by atoms with Crippen molar-refractivity contribution in [3.05, 3.63) is 29.4 Å². The first kappa shape index (κ1) is 13.6. The molecule has 0 bridgehead atoms. The van der Waals surface area contributed by atoms with Crippen LogP contribution in [0.4, 0.5) is 4.39 Å². The van der Waals surface area contributed by atoms with Crippen molar-refractivity contribution < 1.29 is 8.81 Å². The van der Waals surface area contributed by atoms with E-state index in [0.717, 1.165) is 25.2 Å². The minimum atomic E-state index is -0.297. The summed E-state index contributed by atoms with van der Waals surface area (Å²) in [5.74, 6) is 0.482. The summed E-state index contributed by atoms with van der Waals surface area (Å²) in [7, 11) is 0. The van der Waals surface area contributed by atoms with Gasteiger partial charge in [-0.1, -0.05) is 20.3 Å². The van der Waals surface area contributed by atoms with E-state index in [-0.39, 0.29) is 17.3 Å². The Bertz CT molecular complexity index is 600. The highest BCUT2D eigenvalue weighted by atomic mass is 19.1. The molecule has 3 nitrogen and oxygen atoms in total. The van der Waals surface area contributed by atoms with Gasteiger partial charge in [0.2, 0.25) is 0 Å². The lowest BCUT2D eigenvalue weighted by molar-refractivity contribution is 0.221. The monoisotopic (exact) mass is 276 g/mol. The van der Waals surface area contributed by atoms with E-state index in [9.17, 15) is 4.39 Å². The smallest absolute Gasteiger partial charge is 0.198 e.